The van der Waals surface area contributed by atoms with E-state index in [2.05, 4.69) is 6.58 Å². The smallest absolute Gasteiger partial charge is 0.179 e. The number of aliphatic hydroxyl groups is 1. The Kier molecular flexibility index (Phi) is 5.68. The van der Waals surface area contributed by atoms with Gasteiger partial charge in [-0.1, -0.05) is 25.1 Å². The van der Waals surface area contributed by atoms with Crippen molar-refractivity contribution in [3.63, 3.8) is 0 Å². The fourth-order valence-electron chi connectivity index (χ4n) is 1.50. The summed E-state index contributed by atoms with van der Waals surface area (Å²) in [7, 11) is 1.49. The van der Waals surface area contributed by atoms with E-state index in [1.807, 2.05) is 13.0 Å². The van der Waals surface area contributed by atoms with Crippen LogP contribution in [0.15, 0.2) is 24.3 Å². The molecule has 1 N–H and O–H groups in total. The zero-order valence-electron chi connectivity index (χ0n) is 10.9. The zero-order valence-corrected chi connectivity index (χ0v) is 11.7. The van der Waals surface area contributed by atoms with Crippen LogP contribution in [-0.2, 0) is 0 Å². The Morgan fingerprint density at radius 2 is 2.26 bits per heavy atom. The van der Waals surface area contributed by atoms with Crippen molar-refractivity contribution < 1.29 is 14.6 Å². The maximum Gasteiger partial charge on any atom is 0.179 e. The predicted octanol–water partition coefficient (Wildman–Crippen LogP) is 3.25. The van der Waals surface area contributed by atoms with E-state index >= 15 is 0 Å². The van der Waals surface area contributed by atoms with Crippen LogP contribution in [0.2, 0.25) is 5.02 Å². The number of hydrogen-bond donors (Lipinski definition) is 1. The molecule has 1 rings (SSSR count). The Labute approximate surface area is 117 Å². The van der Waals surface area contributed by atoms with Crippen molar-refractivity contribution in [1.29, 1.82) is 5.26 Å². The number of rotatable bonds is 6. The molecule has 1 unspecified atom stereocenters. The van der Waals surface area contributed by atoms with Crippen molar-refractivity contribution in [1.82, 2.24) is 0 Å². The first-order valence-corrected chi connectivity index (χ1v) is 6.20. The number of methoxy groups -OCH3 is 1. The Bertz CT molecular complexity index is 508. The number of hydrogen-bond acceptors (Lipinski definition) is 4. The molecular formula is C14H16ClNO3. The summed E-state index contributed by atoms with van der Waals surface area (Å²) in [5.74, 6) is 0.852. The summed E-state index contributed by atoms with van der Waals surface area (Å²) in [4.78, 5) is 0. The number of nitrogens with zero attached hydrogens (tertiary/aromatic N) is 1. The second-order valence-electron chi connectivity index (χ2n) is 3.92. The first-order chi connectivity index (χ1) is 9.04. The minimum absolute atomic E-state index is 0.0420. The lowest BCUT2D eigenvalue weighted by atomic mass is 10.0. The molecule has 0 amide bonds. The Balaban J connectivity index is 3.16. The van der Waals surface area contributed by atoms with Crippen LogP contribution in [-0.4, -0.2) is 18.8 Å². The number of ether oxygens (including phenoxy) is 2. The molecule has 102 valence electrons. The van der Waals surface area contributed by atoms with Crippen molar-refractivity contribution in [3.05, 3.63) is 34.9 Å². The molecule has 1 atom stereocenters. The molecule has 0 aliphatic rings. The van der Waals surface area contributed by atoms with Crippen LogP contribution in [0.1, 0.15) is 25.0 Å². The summed E-state index contributed by atoms with van der Waals surface area (Å²) in [5.41, 5.74) is 0.484. The van der Waals surface area contributed by atoms with Gasteiger partial charge < -0.3 is 14.6 Å². The molecular weight excluding hydrogens is 266 g/mol. The second-order valence-corrected chi connectivity index (χ2v) is 4.33. The molecule has 5 heteroatoms. The molecule has 0 aromatic heterocycles. The highest BCUT2D eigenvalue weighted by Crippen LogP contribution is 2.38. The van der Waals surface area contributed by atoms with Gasteiger partial charge in [-0.2, -0.15) is 5.26 Å². The third kappa shape index (κ3) is 3.63. The number of halogens is 1. The molecule has 0 spiro atoms. The van der Waals surface area contributed by atoms with Gasteiger partial charge in [0.25, 0.3) is 0 Å². The van der Waals surface area contributed by atoms with Crippen LogP contribution in [0, 0.1) is 11.3 Å². The molecule has 0 fully saturated rings. The van der Waals surface area contributed by atoms with Gasteiger partial charge in [-0.3, -0.25) is 0 Å². The van der Waals surface area contributed by atoms with Crippen molar-refractivity contribution in [2.45, 2.75) is 19.4 Å². The maximum atomic E-state index is 9.92. The monoisotopic (exact) mass is 281 g/mol. The highest BCUT2D eigenvalue weighted by molar-refractivity contribution is 6.32. The van der Waals surface area contributed by atoms with Gasteiger partial charge in [0.2, 0.25) is 0 Å². The fraction of sp³-hybridized carbons (Fsp3) is 0.357. The van der Waals surface area contributed by atoms with Crippen LogP contribution >= 0.6 is 11.6 Å². The summed E-state index contributed by atoms with van der Waals surface area (Å²) in [6, 6.07) is 4.94. The van der Waals surface area contributed by atoms with Crippen molar-refractivity contribution >= 4 is 11.6 Å². The molecule has 0 aliphatic carbocycles. The van der Waals surface area contributed by atoms with Crippen LogP contribution in [0.4, 0.5) is 0 Å². The Hall–Kier alpha value is -1.70. The predicted molar refractivity (Wildman–Crippen MR) is 73.5 cm³/mol. The van der Waals surface area contributed by atoms with Crippen molar-refractivity contribution in [2.24, 2.45) is 0 Å². The average Bonchev–Trinajstić information content (AvgIpc) is 2.43. The van der Waals surface area contributed by atoms with E-state index in [1.165, 1.54) is 7.11 Å². The van der Waals surface area contributed by atoms with Crippen LogP contribution in [0.25, 0.3) is 0 Å². The quantitative estimate of drug-likeness (QED) is 0.813. The summed E-state index contributed by atoms with van der Waals surface area (Å²) in [6.07, 6.45) is -0.258. The van der Waals surface area contributed by atoms with Crippen LogP contribution in [0.5, 0.6) is 11.5 Å². The number of nitriles is 1. The van der Waals surface area contributed by atoms with E-state index < -0.39 is 6.10 Å². The molecule has 1 aromatic carbocycles. The van der Waals surface area contributed by atoms with E-state index in [1.54, 1.807) is 12.1 Å². The molecule has 0 saturated heterocycles. The van der Waals surface area contributed by atoms with Gasteiger partial charge in [0.15, 0.2) is 11.5 Å². The topological polar surface area (TPSA) is 62.5 Å². The van der Waals surface area contributed by atoms with Crippen LogP contribution in [0.3, 0.4) is 0 Å². The highest BCUT2D eigenvalue weighted by Gasteiger charge is 2.18. The zero-order chi connectivity index (χ0) is 14.4. The Morgan fingerprint density at radius 3 is 2.79 bits per heavy atom. The first-order valence-electron chi connectivity index (χ1n) is 5.82. The standard InChI is InChI=1S/C14H16ClNO3/c1-4-5-19-14-11(15)6-10(7-12(14)18-3)13(17)9(2)8-16/h6-7,13,17H,2,4-5H2,1,3H3. The SMILES string of the molecule is C=C(C#N)C(O)c1cc(Cl)c(OCCC)c(OC)c1. The molecule has 1 aromatic rings. The van der Waals surface area contributed by atoms with E-state index in [-0.39, 0.29) is 5.57 Å². The molecule has 0 saturated carbocycles. The first kappa shape index (κ1) is 15.4. The van der Waals surface area contributed by atoms with Crippen molar-refractivity contribution in [2.75, 3.05) is 13.7 Å². The normalized spacial score (nSPS) is 11.5. The van der Waals surface area contributed by atoms with Gasteiger partial charge in [-0.25, -0.2) is 0 Å². The fourth-order valence-corrected chi connectivity index (χ4v) is 1.78. The van der Waals surface area contributed by atoms with Gasteiger partial charge in [-0.05, 0) is 24.1 Å². The lowest BCUT2D eigenvalue weighted by molar-refractivity contribution is 0.220. The van der Waals surface area contributed by atoms with E-state index in [9.17, 15) is 5.11 Å². The minimum Gasteiger partial charge on any atom is -0.493 e. The van der Waals surface area contributed by atoms with E-state index in [4.69, 9.17) is 26.3 Å². The molecule has 0 bridgehead atoms. The molecule has 4 nitrogen and oxygen atoms in total. The second kappa shape index (κ2) is 7.03. The number of aliphatic hydroxyl groups excluding tert-OH is 1. The molecule has 0 aliphatic heterocycles. The lowest BCUT2D eigenvalue weighted by Gasteiger charge is -2.16. The summed E-state index contributed by atoms with van der Waals surface area (Å²) < 4.78 is 10.7. The minimum atomic E-state index is -1.10. The molecule has 0 radical (unpaired) electrons. The van der Waals surface area contributed by atoms with Crippen LogP contribution < -0.4 is 9.47 Å². The number of benzene rings is 1. The summed E-state index contributed by atoms with van der Waals surface area (Å²) in [5, 5.41) is 19.0. The largest absolute Gasteiger partial charge is 0.493 e. The summed E-state index contributed by atoms with van der Waals surface area (Å²) >= 11 is 6.11. The highest BCUT2D eigenvalue weighted by atomic mass is 35.5. The van der Waals surface area contributed by atoms with Gasteiger partial charge in [0.1, 0.15) is 6.10 Å². The average molecular weight is 282 g/mol. The van der Waals surface area contributed by atoms with E-state index in [0.717, 1.165) is 6.42 Å². The third-order valence-corrected chi connectivity index (χ3v) is 2.77. The Morgan fingerprint density at radius 1 is 1.58 bits per heavy atom. The molecule has 0 heterocycles. The maximum absolute atomic E-state index is 9.92. The molecule has 19 heavy (non-hydrogen) atoms. The van der Waals surface area contributed by atoms with Gasteiger partial charge in [0, 0.05) is 0 Å². The van der Waals surface area contributed by atoms with Gasteiger partial charge >= 0.3 is 0 Å². The van der Waals surface area contributed by atoms with Gasteiger partial charge in [-0.15, -0.1) is 0 Å². The van der Waals surface area contributed by atoms with Crippen molar-refractivity contribution in [3.8, 4) is 17.6 Å². The summed E-state index contributed by atoms with van der Waals surface area (Å²) in [6.45, 7) is 5.98. The van der Waals surface area contributed by atoms with Gasteiger partial charge in [0.05, 0.1) is 30.4 Å². The van der Waals surface area contributed by atoms with E-state index in [0.29, 0.717) is 28.7 Å². The lowest BCUT2D eigenvalue weighted by Crippen LogP contribution is -2.03. The third-order valence-electron chi connectivity index (χ3n) is 2.49.